The van der Waals surface area contributed by atoms with Crippen molar-refractivity contribution >= 4 is 0 Å². The van der Waals surface area contributed by atoms with E-state index in [9.17, 15) is 14.6 Å². The number of fused-ring (bicyclic) bond motifs is 3. The molecule has 3 rings (SSSR count). The van der Waals surface area contributed by atoms with E-state index in [-0.39, 0.29) is 5.56 Å². The van der Waals surface area contributed by atoms with Crippen molar-refractivity contribution in [3.05, 3.63) is 47.3 Å². The maximum absolute atomic E-state index is 14.2. The largest absolute Gasteiger partial charge is 0.496 e. The van der Waals surface area contributed by atoms with Crippen molar-refractivity contribution in [2.75, 3.05) is 14.2 Å². The standard InChI is InChI=1S/C16H15FO4/c1-20-10-5-3-4-8-12(10)14-11(21-2)7-6-9(17)13(14)16(19)15(8)18/h3-7,15-16,18-19H,1-2H3/t15-,16-/m1/s1. The molecule has 0 saturated carbocycles. The lowest BCUT2D eigenvalue weighted by atomic mass is 9.80. The Kier molecular flexibility index (Phi) is 3.31. The zero-order valence-electron chi connectivity index (χ0n) is 11.6. The molecule has 0 unspecified atom stereocenters. The van der Waals surface area contributed by atoms with Gasteiger partial charge in [-0.05, 0) is 23.8 Å². The van der Waals surface area contributed by atoms with Gasteiger partial charge in [-0.15, -0.1) is 0 Å². The van der Waals surface area contributed by atoms with E-state index in [0.29, 0.717) is 28.2 Å². The van der Waals surface area contributed by atoms with E-state index in [1.165, 1.54) is 26.4 Å². The van der Waals surface area contributed by atoms with Crippen LogP contribution in [0.25, 0.3) is 11.1 Å². The molecule has 0 fully saturated rings. The summed E-state index contributed by atoms with van der Waals surface area (Å²) in [5, 5.41) is 20.5. The smallest absolute Gasteiger partial charge is 0.130 e. The number of ether oxygens (including phenoxy) is 2. The van der Waals surface area contributed by atoms with Gasteiger partial charge in [0.15, 0.2) is 0 Å². The van der Waals surface area contributed by atoms with E-state index < -0.39 is 18.0 Å². The SMILES string of the molecule is COc1cccc2c1-c1c(OC)ccc(F)c1[C@@H](O)[C@@H]2O. The Hall–Kier alpha value is -2.11. The van der Waals surface area contributed by atoms with Gasteiger partial charge in [-0.25, -0.2) is 4.39 Å². The molecular weight excluding hydrogens is 275 g/mol. The maximum atomic E-state index is 14.2. The van der Waals surface area contributed by atoms with E-state index in [0.717, 1.165) is 0 Å². The molecule has 110 valence electrons. The zero-order valence-corrected chi connectivity index (χ0v) is 11.6. The van der Waals surface area contributed by atoms with Gasteiger partial charge in [0.05, 0.1) is 14.2 Å². The van der Waals surface area contributed by atoms with Crippen LogP contribution in [0.3, 0.4) is 0 Å². The van der Waals surface area contributed by atoms with Crippen molar-refractivity contribution in [2.24, 2.45) is 0 Å². The second-order valence-corrected chi connectivity index (χ2v) is 4.85. The zero-order chi connectivity index (χ0) is 15.1. The Bertz CT molecular complexity index is 699. The molecule has 21 heavy (non-hydrogen) atoms. The first-order chi connectivity index (χ1) is 10.1. The third kappa shape index (κ3) is 1.89. The molecule has 0 bridgehead atoms. The number of hydrogen-bond donors (Lipinski definition) is 2. The van der Waals surface area contributed by atoms with Gasteiger partial charge >= 0.3 is 0 Å². The Morgan fingerprint density at radius 1 is 0.905 bits per heavy atom. The van der Waals surface area contributed by atoms with Gasteiger partial charge < -0.3 is 19.7 Å². The summed E-state index contributed by atoms with van der Waals surface area (Å²) in [5.74, 6) is 0.320. The number of halogens is 1. The third-order valence-corrected chi connectivity index (χ3v) is 3.82. The van der Waals surface area contributed by atoms with Gasteiger partial charge in [0.1, 0.15) is 29.5 Å². The molecule has 0 aromatic heterocycles. The molecule has 5 heteroatoms. The van der Waals surface area contributed by atoms with Crippen LogP contribution in [0.1, 0.15) is 23.3 Å². The minimum atomic E-state index is -1.35. The summed E-state index contributed by atoms with van der Waals surface area (Å²) in [4.78, 5) is 0. The molecule has 2 aromatic carbocycles. The number of rotatable bonds is 2. The quantitative estimate of drug-likeness (QED) is 0.892. The van der Waals surface area contributed by atoms with Crippen molar-refractivity contribution in [1.29, 1.82) is 0 Å². The Morgan fingerprint density at radius 3 is 2.24 bits per heavy atom. The second-order valence-electron chi connectivity index (χ2n) is 4.85. The van der Waals surface area contributed by atoms with Gasteiger partial charge in [0.2, 0.25) is 0 Å². The van der Waals surface area contributed by atoms with Crippen molar-refractivity contribution in [3.8, 4) is 22.6 Å². The molecule has 2 aromatic rings. The minimum Gasteiger partial charge on any atom is -0.496 e. The minimum absolute atomic E-state index is 0.0267. The highest BCUT2D eigenvalue weighted by atomic mass is 19.1. The summed E-state index contributed by atoms with van der Waals surface area (Å²) in [6.45, 7) is 0. The Balaban J connectivity index is 2.44. The lowest BCUT2D eigenvalue weighted by Gasteiger charge is -2.31. The third-order valence-electron chi connectivity index (χ3n) is 3.82. The van der Waals surface area contributed by atoms with Crippen LogP contribution in [0.15, 0.2) is 30.3 Å². The predicted molar refractivity (Wildman–Crippen MR) is 74.9 cm³/mol. The summed E-state index contributed by atoms with van der Waals surface area (Å²) in [6.07, 6.45) is -2.57. The molecular formula is C16H15FO4. The van der Waals surface area contributed by atoms with Gasteiger partial charge in [-0.2, -0.15) is 0 Å². The monoisotopic (exact) mass is 290 g/mol. The van der Waals surface area contributed by atoms with Crippen LogP contribution in [0.4, 0.5) is 4.39 Å². The lowest BCUT2D eigenvalue weighted by Crippen LogP contribution is -2.19. The molecule has 4 nitrogen and oxygen atoms in total. The topological polar surface area (TPSA) is 58.9 Å². The first-order valence-electron chi connectivity index (χ1n) is 6.50. The lowest BCUT2D eigenvalue weighted by molar-refractivity contribution is 0.0133. The molecule has 0 amide bonds. The van der Waals surface area contributed by atoms with Crippen LogP contribution in [0.5, 0.6) is 11.5 Å². The van der Waals surface area contributed by atoms with Crippen molar-refractivity contribution in [2.45, 2.75) is 12.2 Å². The summed E-state index contributed by atoms with van der Waals surface area (Å²) in [5.41, 5.74) is 1.48. The predicted octanol–water partition coefficient (Wildman–Crippen LogP) is 2.59. The highest BCUT2D eigenvalue weighted by molar-refractivity contribution is 5.84. The first kappa shape index (κ1) is 13.9. The maximum Gasteiger partial charge on any atom is 0.130 e. The van der Waals surface area contributed by atoms with Crippen LogP contribution >= 0.6 is 0 Å². The molecule has 2 N–H and O–H groups in total. The number of methoxy groups -OCH3 is 2. The number of aliphatic hydroxyl groups excluding tert-OH is 2. The van der Waals surface area contributed by atoms with Crippen molar-refractivity contribution < 1.29 is 24.1 Å². The fraction of sp³-hybridized carbons (Fsp3) is 0.250. The average Bonchev–Trinajstić information content (AvgIpc) is 2.51. The van der Waals surface area contributed by atoms with Crippen molar-refractivity contribution in [3.63, 3.8) is 0 Å². The van der Waals surface area contributed by atoms with Crippen LogP contribution < -0.4 is 9.47 Å². The highest BCUT2D eigenvalue weighted by Gasteiger charge is 2.37. The second kappa shape index (κ2) is 5.02. The van der Waals surface area contributed by atoms with Crippen LogP contribution in [0, 0.1) is 5.82 Å². The van der Waals surface area contributed by atoms with Gasteiger partial charge in [0, 0.05) is 16.7 Å². The summed E-state index contributed by atoms with van der Waals surface area (Å²) < 4.78 is 24.8. The number of benzene rings is 2. The van der Waals surface area contributed by atoms with Crippen LogP contribution in [0.2, 0.25) is 0 Å². The average molecular weight is 290 g/mol. The highest BCUT2D eigenvalue weighted by Crippen LogP contribution is 2.52. The van der Waals surface area contributed by atoms with E-state index in [1.54, 1.807) is 18.2 Å². The molecule has 0 heterocycles. The fourth-order valence-electron chi connectivity index (χ4n) is 2.85. The number of aliphatic hydroxyl groups is 2. The first-order valence-corrected chi connectivity index (χ1v) is 6.50. The molecule has 0 radical (unpaired) electrons. The fourth-order valence-corrected chi connectivity index (χ4v) is 2.85. The normalized spacial score (nSPS) is 19.7. The molecule has 0 aliphatic heterocycles. The van der Waals surface area contributed by atoms with Crippen molar-refractivity contribution in [1.82, 2.24) is 0 Å². The molecule has 2 atom stereocenters. The van der Waals surface area contributed by atoms with Gasteiger partial charge in [-0.1, -0.05) is 12.1 Å². The number of hydrogen-bond acceptors (Lipinski definition) is 4. The van der Waals surface area contributed by atoms with Gasteiger partial charge in [0.25, 0.3) is 0 Å². The Labute approximate surface area is 121 Å². The van der Waals surface area contributed by atoms with E-state index in [2.05, 4.69) is 0 Å². The summed E-state index contributed by atoms with van der Waals surface area (Å²) in [7, 11) is 2.97. The molecule has 1 aliphatic rings. The van der Waals surface area contributed by atoms with E-state index in [4.69, 9.17) is 9.47 Å². The Morgan fingerprint density at radius 2 is 1.57 bits per heavy atom. The van der Waals surface area contributed by atoms with Gasteiger partial charge in [-0.3, -0.25) is 0 Å². The summed E-state index contributed by atoms with van der Waals surface area (Å²) >= 11 is 0. The van der Waals surface area contributed by atoms with Crippen LogP contribution in [-0.2, 0) is 0 Å². The molecule has 0 spiro atoms. The molecule has 1 aliphatic carbocycles. The van der Waals surface area contributed by atoms with E-state index >= 15 is 0 Å². The summed E-state index contributed by atoms with van der Waals surface area (Å²) in [6, 6.07) is 7.82. The van der Waals surface area contributed by atoms with E-state index in [1.807, 2.05) is 0 Å². The molecule has 0 saturated heterocycles. The van der Waals surface area contributed by atoms with Crippen LogP contribution in [-0.4, -0.2) is 24.4 Å².